The van der Waals surface area contributed by atoms with E-state index < -0.39 is 10.8 Å². The monoisotopic (exact) mass is 440 g/mol. The summed E-state index contributed by atoms with van der Waals surface area (Å²) in [5.41, 5.74) is 3.57. The van der Waals surface area contributed by atoms with Crippen LogP contribution < -0.4 is 5.32 Å². The van der Waals surface area contributed by atoms with Crippen molar-refractivity contribution in [2.45, 2.75) is 19.9 Å². The van der Waals surface area contributed by atoms with Gasteiger partial charge in [-0.05, 0) is 25.6 Å². The summed E-state index contributed by atoms with van der Waals surface area (Å²) in [6.45, 7) is 3.26. The number of nitro groups is 1. The third-order valence-corrected chi connectivity index (χ3v) is 5.95. The van der Waals surface area contributed by atoms with E-state index in [-0.39, 0.29) is 22.4 Å². The average molecular weight is 441 g/mol. The van der Waals surface area contributed by atoms with Gasteiger partial charge >= 0.3 is 0 Å². The molecule has 1 N–H and O–H groups in total. The highest BCUT2D eigenvalue weighted by Gasteiger charge is 2.25. The minimum absolute atomic E-state index is 0.000441. The Morgan fingerprint density at radius 2 is 2.03 bits per heavy atom. The number of rotatable bonds is 4. The third kappa shape index (κ3) is 3.77. The van der Waals surface area contributed by atoms with Crippen molar-refractivity contribution >= 4 is 29.0 Å². The number of hydrogen-bond acceptors (Lipinski definition) is 6. The lowest BCUT2D eigenvalue weighted by Gasteiger charge is -2.21. The number of benzene rings is 1. The summed E-state index contributed by atoms with van der Waals surface area (Å²) in [5, 5.41) is 14.2. The third-order valence-electron chi connectivity index (χ3n) is 5.56. The van der Waals surface area contributed by atoms with Gasteiger partial charge < -0.3 is 14.8 Å². The largest absolute Gasteiger partial charge is 0.327 e. The molecule has 0 saturated heterocycles. The van der Waals surface area contributed by atoms with E-state index in [0.717, 1.165) is 24.4 Å². The van der Waals surface area contributed by atoms with E-state index in [1.54, 1.807) is 29.7 Å². The van der Waals surface area contributed by atoms with Crippen molar-refractivity contribution in [3.8, 4) is 11.1 Å². The van der Waals surface area contributed by atoms with Crippen LogP contribution in [0.3, 0.4) is 0 Å². The molecule has 0 aliphatic carbocycles. The van der Waals surface area contributed by atoms with Crippen molar-refractivity contribution in [3.63, 3.8) is 0 Å². The number of aromatic nitrogens is 3. The molecular weight excluding hydrogens is 420 g/mol. The predicted octanol–water partition coefficient (Wildman–Crippen LogP) is 3.59. The van der Waals surface area contributed by atoms with E-state index in [4.69, 9.17) is 11.6 Å². The minimum Gasteiger partial charge on any atom is -0.327 e. The first kappa shape index (κ1) is 21.0. The molecule has 0 saturated carbocycles. The summed E-state index contributed by atoms with van der Waals surface area (Å²) >= 11 is 6.56. The lowest BCUT2D eigenvalue weighted by molar-refractivity contribution is -0.385. The standard InChI is InChI=1S/C21H21ClN6O3/c1-12-13(5-4-6-16(12)28(30)31)14-7-9-23-19(18(14)22)25-21(29)20-24-15-11-26(2)10-8-17(15)27(20)3/h4-7,9H,8,10-11H2,1-3H3,(H,23,25,29). The number of pyridine rings is 1. The van der Waals surface area contributed by atoms with E-state index >= 15 is 0 Å². The molecule has 0 atom stereocenters. The Morgan fingerprint density at radius 3 is 2.77 bits per heavy atom. The smallest absolute Gasteiger partial charge is 0.292 e. The molecule has 2 aromatic heterocycles. The fourth-order valence-corrected chi connectivity index (χ4v) is 4.14. The molecule has 31 heavy (non-hydrogen) atoms. The molecule has 1 aliphatic rings. The summed E-state index contributed by atoms with van der Waals surface area (Å²) in [4.78, 5) is 34.7. The number of imidazole rings is 1. The van der Waals surface area contributed by atoms with E-state index in [0.29, 0.717) is 23.2 Å². The van der Waals surface area contributed by atoms with Crippen molar-refractivity contribution in [3.05, 3.63) is 68.4 Å². The number of halogens is 1. The number of hydrogen-bond donors (Lipinski definition) is 1. The van der Waals surface area contributed by atoms with Crippen molar-refractivity contribution in [1.29, 1.82) is 0 Å². The average Bonchev–Trinajstić information content (AvgIpc) is 3.05. The molecule has 0 fully saturated rings. The summed E-state index contributed by atoms with van der Waals surface area (Å²) in [5.74, 6) is 0.0464. The van der Waals surface area contributed by atoms with Gasteiger partial charge in [-0.15, -0.1) is 0 Å². The Balaban J connectivity index is 1.67. The topological polar surface area (TPSA) is 106 Å². The van der Waals surface area contributed by atoms with Crippen LogP contribution in [0.2, 0.25) is 5.02 Å². The number of nitrogens with one attached hydrogen (secondary N) is 1. The number of carbonyl (C=O) groups excluding carboxylic acids is 1. The van der Waals surface area contributed by atoms with Gasteiger partial charge in [0.1, 0.15) is 0 Å². The molecule has 1 amide bonds. The maximum Gasteiger partial charge on any atom is 0.292 e. The number of amides is 1. The fourth-order valence-electron chi connectivity index (χ4n) is 3.88. The number of fused-ring (bicyclic) bond motifs is 1. The maximum atomic E-state index is 12.9. The van der Waals surface area contributed by atoms with Gasteiger partial charge in [-0.1, -0.05) is 23.7 Å². The van der Waals surface area contributed by atoms with Crippen LogP contribution >= 0.6 is 11.6 Å². The Labute approximate surface area is 183 Å². The summed E-state index contributed by atoms with van der Waals surface area (Å²) in [7, 11) is 3.84. The molecule has 160 valence electrons. The molecule has 0 unspecified atom stereocenters. The molecule has 3 heterocycles. The molecule has 0 spiro atoms. The van der Waals surface area contributed by atoms with Gasteiger partial charge in [-0.2, -0.15) is 0 Å². The van der Waals surface area contributed by atoms with Crippen molar-refractivity contribution in [2.24, 2.45) is 7.05 Å². The second-order valence-corrected chi connectivity index (χ2v) is 7.94. The van der Waals surface area contributed by atoms with Gasteiger partial charge in [-0.3, -0.25) is 14.9 Å². The molecular formula is C21H21ClN6O3. The molecule has 1 aliphatic heterocycles. The Bertz CT molecular complexity index is 1210. The Hall–Kier alpha value is -3.30. The Morgan fingerprint density at radius 1 is 1.26 bits per heavy atom. The van der Waals surface area contributed by atoms with E-state index in [9.17, 15) is 14.9 Å². The van der Waals surface area contributed by atoms with Crippen LogP contribution in [0.1, 0.15) is 27.6 Å². The zero-order valence-corrected chi connectivity index (χ0v) is 18.1. The van der Waals surface area contributed by atoms with Gasteiger partial charge in [0.05, 0.1) is 15.6 Å². The van der Waals surface area contributed by atoms with Crippen molar-refractivity contribution in [2.75, 3.05) is 18.9 Å². The van der Waals surface area contributed by atoms with E-state index in [1.807, 2.05) is 14.1 Å². The zero-order valence-electron chi connectivity index (χ0n) is 17.3. The normalized spacial score (nSPS) is 13.7. The first-order chi connectivity index (χ1) is 14.8. The molecule has 0 radical (unpaired) electrons. The van der Waals surface area contributed by atoms with E-state index in [2.05, 4.69) is 20.2 Å². The lowest BCUT2D eigenvalue weighted by Crippen LogP contribution is -2.27. The van der Waals surface area contributed by atoms with Crippen LogP contribution in [0.15, 0.2) is 30.5 Å². The quantitative estimate of drug-likeness (QED) is 0.490. The Kier molecular flexibility index (Phi) is 5.47. The highest BCUT2D eigenvalue weighted by atomic mass is 35.5. The first-order valence-electron chi connectivity index (χ1n) is 9.71. The van der Waals surface area contributed by atoms with Crippen molar-refractivity contribution in [1.82, 2.24) is 19.4 Å². The summed E-state index contributed by atoms with van der Waals surface area (Å²) in [6.07, 6.45) is 2.33. The zero-order chi connectivity index (χ0) is 22.3. The van der Waals surface area contributed by atoms with Gasteiger partial charge in [0.25, 0.3) is 11.6 Å². The molecule has 4 rings (SSSR count). The minimum atomic E-state index is -0.434. The molecule has 3 aromatic rings. The van der Waals surface area contributed by atoms with Crippen LogP contribution in [-0.4, -0.2) is 43.9 Å². The first-order valence-corrected chi connectivity index (χ1v) is 10.1. The molecule has 9 nitrogen and oxygen atoms in total. The fraction of sp³-hybridized carbons (Fsp3) is 0.286. The van der Waals surface area contributed by atoms with Gasteiger partial charge in [-0.25, -0.2) is 9.97 Å². The number of likely N-dealkylation sites (N-methyl/N-ethyl adjacent to an activating group) is 1. The predicted molar refractivity (Wildman–Crippen MR) is 117 cm³/mol. The molecule has 0 bridgehead atoms. The van der Waals surface area contributed by atoms with Crippen molar-refractivity contribution < 1.29 is 9.72 Å². The van der Waals surface area contributed by atoms with Crippen LogP contribution in [0.25, 0.3) is 11.1 Å². The van der Waals surface area contributed by atoms with Crippen LogP contribution in [0.4, 0.5) is 11.5 Å². The van der Waals surface area contributed by atoms with Gasteiger partial charge in [0, 0.05) is 55.6 Å². The lowest BCUT2D eigenvalue weighted by atomic mass is 10.00. The number of anilines is 1. The highest BCUT2D eigenvalue weighted by molar-refractivity contribution is 6.36. The molecule has 1 aromatic carbocycles. The second-order valence-electron chi connectivity index (χ2n) is 7.56. The molecule has 10 heteroatoms. The summed E-state index contributed by atoms with van der Waals surface area (Å²) < 4.78 is 1.81. The van der Waals surface area contributed by atoms with Crippen LogP contribution in [-0.2, 0) is 20.0 Å². The van der Waals surface area contributed by atoms with Crippen LogP contribution in [0, 0.1) is 17.0 Å². The van der Waals surface area contributed by atoms with Gasteiger partial charge in [0.15, 0.2) is 11.6 Å². The summed E-state index contributed by atoms with van der Waals surface area (Å²) in [6, 6.07) is 6.46. The van der Waals surface area contributed by atoms with Crippen LogP contribution in [0.5, 0.6) is 0 Å². The van der Waals surface area contributed by atoms with Gasteiger partial charge in [0.2, 0.25) is 0 Å². The maximum absolute atomic E-state index is 12.9. The second kappa shape index (κ2) is 8.09. The number of nitrogens with zero attached hydrogens (tertiary/aromatic N) is 5. The van der Waals surface area contributed by atoms with E-state index in [1.165, 1.54) is 12.3 Å². The SMILES string of the molecule is Cc1c(-c2ccnc(NC(=O)c3nc4c(n3C)CCN(C)C4)c2Cl)cccc1[N+](=O)[O-]. The number of nitro benzene ring substituents is 1. The number of carbonyl (C=O) groups is 1. The highest BCUT2D eigenvalue weighted by Crippen LogP contribution is 2.37.